The molecule has 1 heterocycles. The summed E-state index contributed by atoms with van der Waals surface area (Å²) in [7, 11) is 0. The van der Waals surface area contributed by atoms with Gasteiger partial charge in [-0.2, -0.15) is 0 Å². The van der Waals surface area contributed by atoms with Crippen LogP contribution in [-0.4, -0.2) is 17.6 Å². The lowest BCUT2D eigenvalue weighted by Crippen LogP contribution is -2.30. The second-order valence-electron chi connectivity index (χ2n) is 5.44. The maximum Gasteiger partial charge on any atom is 0.0734 e. The summed E-state index contributed by atoms with van der Waals surface area (Å²) in [5, 5.41) is 4.93. The molecule has 1 aromatic heterocycles. The number of benzene rings is 1. The molecule has 2 aromatic rings. The molecule has 0 spiro atoms. The standard InChI is InChI=1S/C18H26N2/c1-3-5-11-17(4-2)19-14-12-16-9-6-8-15-10-7-13-20-18(15)16/h6-10,13,17,19H,3-5,11-12,14H2,1-2H3. The number of pyridine rings is 1. The molecule has 2 nitrogen and oxygen atoms in total. The average molecular weight is 270 g/mol. The molecule has 0 radical (unpaired) electrons. The van der Waals surface area contributed by atoms with Gasteiger partial charge < -0.3 is 5.32 Å². The molecule has 2 heteroatoms. The maximum atomic E-state index is 4.52. The highest BCUT2D eigenvalue weighted by molar-refractivity contribution is 5.81. The summed E-state index contributed by atoms with van der Waals surface area (Å²) in [6.07, 6.45) is 8.05. The first-order chi connectivity index (χ1) is 9.85. The van der Waals surface area contributed by atoms with E-state index in [1.165, 1.54) is 36.6 Å². The van der Waals surface area contributed by atoms with Crippen LogP contribution in [0.15, 0.2) is 36.5 Å². The molecular weight excluding hydrogens is 244 g/mol. The number of unbranched alkanes of at least 4 members (excludes halogenated alkanes) is 1. The zero-order valence-electron chi connectivity index (χ0n) is 12.7. The Bertz CT molecular complexity index is 516. The molecular formula is C18H26N2. The van der Waals surface area contributed by atoms with Crippen LogP contribution < -0.4 is 5.32 Å². The molecule has 0 saturated heterocycles. The molecule has 20 heavy (non-hydrogen) atoms. The van der Waals surface area contributed by atoms with Crippen LogP contribution in [-0.2, 0) is 6.42 Å². The van der Waals surface area contributed by atoms with Crippen LogP contribution in [0.4, 0.5) is 0 Å². The van der Waals surface area contributed by atoms with Gasteiger partial charge in [-0.25, -0.2) is 0 Å². The molecule has 0 fully saturated rings. The predicted octanol–water partition coefficient (Wildman–Crippen LogP) is 4.34. The first-order valence-electron chi connectivity index (χ1n) is 7.91. The highest BCUT2D eigenvalue weighted by Crippen LogP contribution is 2.16. The van der Waals surface area contributed by atoms with Crippen LogP contribution in [0.2, 0.25) is 0 Å². The smallest absolute Gasteiger partial charge is 0.0734 e. The van der Waals surface area contributed by atoms with Crippen LogP contribution in [0.3, 0.4) is 0 Å². The van der Waals surface area contributed by atoms with Crippen LogP contribution in [0.25, 0.3) is 10.9 Å². The number of nitrogens with zero attached hydrogens (tertiary/aromatic N) is 1. The minimum absolute atomic E-state index is 0.665. The van der Waals surface area contributed by atoms with Gasteiger partial charge in [0, 0.05) is 17.6 Å². The van der Waals surface area contributed by atoms with Crippen molar-refractivity contribution in [2.24, 2.45) is 0 Å². The van der Waals surface area contributed by atoms with Crippen molar-refractivity contribution in [3.05, 3.63) is 42.1 Å². The van der Waals surface area contributed by atoms with Gasteiger partial charge in [-0.1, -0.05) is 51.0 Å². The van der Waals surface area contributed by atoms with Gasteiger partial charge in [0.25, 0.3) is 0 Å². The number of hydrogen-bond acceptors (Lipinski definition) is 2. The topological polar surface area (TPSA) is 24.9 Å². The summed E-state index contributed by atoms with van der Waals surface area (Å²) in [5.74, 6) is 0. The normalized spacial score (nSPS) is 12.7. The van der Waals surface area contributed by atoms with Crippen molar-refractivity contribution < 1.29 is 0 Å². The van der Waals surface area contributed by atoms with Gasteiger partial charge in [-0.15, -0.1) is 0 Å². The SMILES string of the molecule is CCCCC(CC)NCCc1cccc2cccnc12. The zero-order valence-corrected chi connectivity index (χ0v) is 12.7. The summed E-state index contributed by atoms with van der Waals surface area (Å²) < 4.78 is 0. The van der Waals surface area contributed by atoms with E-state index in [4.69, 9.17) is 0 Å². The quantitative estimate of drug-likeness (QED) is 0.772. The van der Waals surface area contributed by atoms with E-state index in [0.717, 1.165) is 18.5 Å². The van der Waals surface area contributed by atoms with Gasteiger partial charge >= 0.3 is 0 Å². The number of aromatic nitrogens is 1. The average Bonchev–Trinajstić information content (AvgIpc) is 2.51. The van der Waals surface area contributed by atoms with Crippen molar-refractivity contribution in [3.63, 3.8) is 0 Å². The van der Waals surface area contributed by atoms with E-state index in [2.05, 4.69) is 48.4 Å². The summed E-state index contributed by atoms with van der Waals surface area (Å²) in [5.41, 5.74) is 2.50. The molecule has 0 aliphatic heterocycles. The summed E-state index contributed by atoms with van der Waals surface area (Å²) in [4.78, 5) is 4.52. The third kappa shape index (κ3) is 4.04. The van der Waals surface area contributed by atoms with Crippen LogP contribution in [0.5, 0.6) is 0 Å². The largest absolute Gasteiger partial charge is 0.314 e. The van der Waals surface area contributed by atoms with E-state index in [1.54, 1.807) is 0 Å². The zero-order chi connectivity index (χ0) is 14.2. The van der Waals surface area contributed by atoms with Gasteiger partial charge in [0.15, 0.2) is 0 Å². The second-order valence-corrected chi connectivity index (χ2v) is 5.44. The highest BCUT2D eigenvalue weighted by Gasteiger charge is 2.06. The van der Waals surface area contributed by atoms with E-state index >= 15 is 0 Å². The van der Waals surface area contributed by atoms with Crippen molar-refractivity contribution >= 4 is 10.9 Å². The number of fused-ring (bicyclic) bond motifs is 1. The Labute approximate surface area is 122 Å². The van der Waals surface area contributed by atoms with E-state index < -0.39 is 0 Å². The Morgan fingerprint density at radius 3 is 2.80 bits per heavy atom. The molecule has 1 unspecified atom stereocenters. The van der Waals surface area contributed by atoms with Crippen molar-refractivity contribution in [3.8, 4) is 0 Å². The third-order valence-electron chi connectivity index (χ3n) is 3.94. The number of rotatable bonds is 8. The Morgan fingerprint density at radius 1 is 1.15 bits per heavy atom. The van der Waals surface area contributed by atoms with Crippen molar-refractivity contribution in [1.82, 2.24) is 10.3 Å². The van der Waals surface area contributed by atoms with E-state index in [1.807, 2.05) is 12.3 Å². The minimum atomic E-state index is 0.665. The van der Waals surface area contributed by atoms with Crippen LogP contribution >= 0.6 is 0 Å². The monoisotopic (exact) mass is 270 g/mol. The van der Waals surface area contributed by atoms with Gasteiger partial charge in [-0.3, -0.25) is 4.98 Å². The molecule has 0 aliphatic carbocycles. The molecule has 1 atom stereocenters. The molecule has 108 valence electrons. The lowest BCUT2D eigenvalue weighted by atomic mass is 10.1. The van der Waals surface area contributed by atoms with Gasteiger partial charge in [0.05, 0.1) is 5.52 Å². The van der Waals surface area contributed by atoms with Crippen LogP contribution in [0.1, 0.15) is 45.1 Å². The fourth-order valence-corrected chi connectivity index (χ4v) is 2.68. The summed E-state index contributed by atoms with van der Waals surface area (Å²) in [6, 6.07) is 11.3. The molecule has 0 saturated carbocycles. The third-order valence-corrected chi connectivity index (χ3v) is 3.94. The highest BCUT2D eigenvalue weighted by atomic mass is 14.9. The lowest BCUT2D eigenvalue weighted by molar-refractivity contribution is 0.456. The van der Waals surface area contributed by atoms with Crippen molar-refractivity contribution in [2.75, 3.05) is 6.54 Å². The number of hydrogen-bond donors (Lipinski definition) is 1. The maximum absolute atomic E-state index is 4.52. The summed E-state index contributed by atoms with van der Waals surface area (Å²) >= 11 is 0. The molecule has 1 N–H and O–H groups in total. The fourth-order valence-electron chi connectivity index (χ4n) is 2.68. The Kier molecular flexibility index (Phi) is 6.00. The molecule has 0 aliphatic rings. The Hall–Kier alpha value is -1.41. The van der Waals surface area contributed by atoms with E-state index in [-0.39, 0.29) is 0 Å². The second kappa shape index (κ2) is 8.01. The Balaban J connectivity index is 1.92. The van der Waals surface area contributed by atoms with E-state index in [0.29, 0.717) is 6.04 Å². The van der Waals surface area contributed by atoms with Gasteiger partial charge in [0.2, 0.25) is 0 Å². The Morgan fingerprint density at radius 2 is 2.00 bits per heavy atom. The molecule has 0 amide bonds. The first-order valence-corrected chi connectivity index (χ1v) is 7.91. The lowest BCUT2D eigenvalue weighted by Gasteiger charge is -2.16. The van der Waals surface area contributed by atoms with Crippen molar-refractivity contribution in [2.45, 2.75) is 52.0 Å². The van der Waals surface area contributed by atoms with Crippen LogP contribution in [0, 0.1) is 0 Å². The molecule has 0 bridgehead atoms. The van der Waals surface area contributed by atoms with Gasteiger partial charge in [0.1, 0.15) is 0 Å². The summed E-state index contributed by atoms with van der Waals surface area (Å²) in [6.45, 7) is 5.57. The number of para-hydroxylation sites is 1. The van der Waals surface area contributed by atoms with Crippen molar-refractivity contribution in [1.29, 1.82) is 0 Å². The minimum Gasteiger partial charge on any atom is -0.314 e. The van der Waals surface area contributed by atoms with E-state index in [9.17, 15) is 0 Å². The number of nitrogens with one attached hydrogen (secondary N) is 1. The molecule has 1 aromatic carbocycles. The fraction of sp³-hybridized carbons (Fsp3) is 0.500. The van der Waals surface area contributed by atoms with Gasteiger partial charge in [-0.05, 0) is 37.4 Å². The first kappa shape index (κ1) is 15.0. The molecule has 2 rings (SSSR count). The predicted molar refractivity (Wildman–Crippen MR) is 87.1 cm³/mol.